The Balaban J connectivity index is 2.26. The first kappa shape index (κ1) is 14.7. The quantitative estimate of drug-likeness (QED) is 0.819. The van der Waals surface area contributed by atoms with E-state index in [-0.39, 0.29) is 0 Å². The third-order valence-electron chi connectivity index (χ3n) is 3.18. The highest BCUT2D eigenvalue weighted by molar-refractivity contribution is 7.18. The Labute approximate surface area is 122 Å². The van der Waals surface area contributed by atoms with Crippen LogP contribution >= 0.6 is 11.3 Å². The lowest BCUT2D eigenvalue weighted by molar-refractivity contribution is -0.138. The highest BCUT2D eigenvalue weighted by atomic mass is 32.1. The fourth-order valence-corrected chi connectivity index (χ4v) is 2.96. The molecule has 5 nitrogen and oxygen atoms in total. The lowest BCUT2D eigenvalue weighted by Gasteiger charge is -2.14. The largest absolute Gasteiger partial charge is 0.480 e. The van der Waals surface area contributed by atoms with Gasteiger partial charge >= 0.3 is 5.97 Å². The van der Waals surface area contributed by atoms with E-state index < -0.39 is 12.0 Å². The molecule has 0 unspecified atom stereocenters. The molecule has 0 aliphatic rings. The van der Waals surface area contributed by atoms with Crippen LogP contribution in [0.15, 0.2) is 12.4 Å². The smallest absolute Gasteiger partial charge is 0.326 e. The molecule has 0 aliphatic heterocycles. The molecule has 1 atom stereocenters. The molecular formula is C14H19N3O2S. The molecule has 6 heteroatoms. The van der Waals surface area contributed by atoms with Crippen molar-refractivity contribution < 1.29 is 9.90 Å². The van der Waals surface area contributed by atoms with Crippen LogP contribution in [-0.2, 0) is 11.2 Å². The maximum absolute atomic E-state index is 11.3. The minimum atomic E-state index is -0.837. The molecule has 2 rings (SSSR count). The number of carbonyl (C=O) groups is 1. The number of aryl methyl sites for hydroxylation is 1. The minimum absolute atomic E-state index is 0.599. The molecule has 2 aromatic heterocycles. The monoisotopic (exact) mass is 293 g/mol. The molecule has 2 heterocycles. The van der Waals surface area contributed by atoms with Crippen molar-refractivity contribution in [3.05, 3.63) is 17.3 Å². The van der Waals surface area contributed by atoms with Crippen molar-refractivity contribution in [3.8, 4) is 0 Å². The van der Waals surface area contributed by atoms with Crippen LogP contribution in [0.1, 0.15) is 38.0 Å². The number of rotatable bonds is 7. The van der Waals surface area contributed by atoms with Gasteiger partial charge < -0.3 is 10.4 Å². The number of hydrogen-bond donors (Lipinski definition) is 2. The summed E-state index contributed by atoms with van der Waals surface area (Å²) in [6.07, 6.45) is 4.88. The van der Waals surface area contributed by atoms with Gasteiger partial charge in [0.2, 0.25) is 0 Å². The number of nitrogens with zero attached hydrogens (tertiary/aromatic N) is 2. The fraction of sp³-hybridized carbons (Fsp3) is 0.500. The molecule has 108 valence electrons. The second-order valence-electron chi connectivity index (χ2n) is 4.68. The molecule has 0 fully saturated rings. The maximum atomic E-state index is 11.3. The molecule has 20 heavy (non-hydrogen) atoms. The molecule has 0 saturated carbocycles. The average Bonchev–Trinajstić information content (AvgIpc) is 2.87. The Morgan fingerprint density at radius 3 is 2.90 bits per heavy atom. The predicted molar refractivity (Wildman–Crippen MR) is 81.4 cm³/mol. The van der Waals surface area contributed by atoms with Crippen LogP contribution in [-0.4, -0.2) is 27.1 Å². The first-order valence-electron chi connectivity index (χ1n) is 6.88. The van der Waals surface area contributed by atoms with Crippen LogP contribution in [0.2, 0.25) is 0 Å². The average molecular weight is 293 g/mol. The van der Waals surface area contributed by atoms with E-state index in [0.717, 1.165) is 29.5 Å². The third-order valence-corrected chi connectivity index (χ3v) is 4.37. The minimum Gasteiger partial charge on any atom is -0.480 e. The first-order valence-corrected chi connectivity index (χ1v) is 7.70. The summed E-state index contributed by atoms with van der Waals surface area (Å²) < 4.78 is 0. The second kappa shape index (κ2) is 6.65. The Hall–Kier alpha value is -1.69. The van der Waals surface area contributed by atoms with Crippen LogP contribution in [0.4, 0.5) is 5.82 Å². The lowest BCUT2D eigenvalue weighted by atomic mass is 10.1. The van der Waals surface area contributed by atoms with Gasteiger partial charge in [-0.1, -0.05) is 26.7 Å². The van der Waals surface area contributed by atoms with Gasteiger partial charge in [-0.2, -0.15) is 0 Å². The van der Waals surface area contributed by atoms with Crippen molar-refractivity contribution in [2.24, 2.45) is 0 Å². The number of carboxylic acids is 1. The molecule has 2 N–H and O–H groups in total. The number of anilines is 1. The van der Waals surface area contributed by atoms with E-state index in [1.54, 1.807) is 11.3 Å². The van der Waals surface area contributed by atoms with Gasteiger partial charge in [-0.15, -0.1) is 11.3 Å². The van der Waals surface area contributed by atoms with Crippen molar-refractivity contribution in [1.82, 2.24) is 9.97 Å². The van der Waals surface area contributed by atoms with Crippen LogP contribution in [0.5, 0.6) is 0 Å². The number of fused-ring (bicyclic) bond motifs is 1. The van der Waals surface area contributed by atoms with Crippen LogP contribution < -0.4 is 5.32 Å². The number of thiophene rings is 1. The van der Waals surface area contributed by atoms with Crippen LogP contribution in [0, 0.1) is 0 Å². The third kappa shape index (κ3) is 3.25. The predicted octanol–water partition coefficient (Wildman–Crippen LogP) is 3.31. The van der Waals surface area contributed by atoms with Crippen molar-refractivity contribution in [1.29, 1.82) is 0 Å². The standard InChI is InChI=1S/C14H19N3O2S/c1-3-5-6-11(14(18)19)17-12-10-7-9(4-2)20-13(10)16-8-15-12/h7-8,11H,3-6H2,1-2H3,(H,18,19)(H,15,16,17)/t11-/m0/s1. The van der Waals surface area contributed by atoms with Crippen molar-refractivity contribution >= 4 is 33.3 Å². The zero-order chi connectivity index (χ0) is 14.5. The molecule has 0 aromatic carbocycles. The molecular weight excluding hydrogens is 274 g/mol. The van der Waals surface area contributed by atoms with Crippen LogP contribution in [0.3, 0.4) is 0 Å². The summed E-state index contributed by atoms with van der Waals surface area (Å²) in [5.74, 6) is -0.217. The number of hydrogen-bond acceptors (Lipinski definition) is 5. The molecule has 2 aromatic rings. The number of aliphatic carboxylic acids is 1. The molecule has 0 aliphatic carbocycles. The van der Waals surface area contributed by atoms with E-state index in [0.29, 0.717) is 12.2 Å². The summed E-state index contributed by atoms with van der Waals surface area (Å²) in [7, 11) is 0. The zero-order valence-corrected chi connectivity index (χ0v) is 12.5. The van der Waals surface area contributed by atoms with Gasteiger partial charge in [0.05, 0.1) is 5.39 Å². The van der Waals surface area contributed by atoms with Gasteiger partial charge in [-0.3, -0.25) is 0 Å². The lowest BCUT2D eigenvalue weighted by Crippen LogP contribution is -2.29. The van der Waals surface area contributed by atoms with Gasteiger partial charge in [0.15, 0.2) is 0 Å². The topological polar surface area (TPSA) is 75.1 Å². The van der Waals surface area contributed by atoms with E-state index in [2.05, 4.69) is 22.2 Å². The summed E-state index contributed by atoms with van der Waals surface area (Å²) in [6, 6.07) is 1.44. The van der Waals surface area contributed by atoms with Crippen molar-refractivity contribution in [2.45, 2.75) is 45.6 Å². The van der Waals surface area contributed by atoms with Gasteiger partial charge in [-0.05, 0) is 18.9 Å². The first-order chi connectivity index (χ1) is 9.65. The Morgan fingerprint density at radius 2 is 2.25 bits per heavy atom. The van der Waals surface area contributed by atoms with E-state index in [9.17, 15) is 9.90 Å². The maximum Gasteiger partial charge on any atom is 0.326 e. The Morgan fingerprint density at radius 1 is 1.45 bits per heavy atom. The highest BCUT2D eigenvalue weighted by Gasteiger charge is 2.18. The molecule has 0 amide bonds. The summed E-state index contributed by atoms with van der Waals surface area (Å²) in [5.41, 5.74) is 0. The summed E-state index contributed by atoms with van der Waals surface area (Å²) >= 11 is 1.63. The van der Waals surface area contributed by atoms with Gasteiger partial charge in [-0.25, -0.2) is 14.8 Å². The Kier molecular flexibility index (Phi) is 4.89. The van der Waals surface area contributed by atoms with E-state index >= 15 is 0 Å². The molecule has 0 saturated heterocycles. The summed E-state index contributed by atoms with van der Waals surface area (Å²) in [5, 5.41) is 13.2. The second-order valence-corrected chi connectivity index (χ2v) is 5.80. The normalized spacial score (nSPS) is 12.5. The number of aromatic nitrogens is 2. The number of carboxylic acid groups (broad SMARTS) is 1. The summed E-state index contributed by atoms with van der Waals surface area (Å²) in [4.78, 5) is 21.9. The van der Waals surface area contributed by atoms with E-state index in [1.165, 1.54) is 11.2 Å². The summed E-state index contributed by atoms with van der Waals surface area (Å²) in [6.45, 7) is 4.14. The Bertz CT molecular complexity index is 597. The molecule has 0 spiro atoms. The number of nitrogens with one attached hydrogen (secondary N) is 1. The van der Waals surface area contributed by atoms with Gasteiger partial charge in [0, 0.05) is 4.88 Å². The van der Waals surface area contributed by atoms with Gasteiger partial charge in [0.25, 0.3) is 0 Å². The highest BCUT2D eigenvalue weighted by Crippen LogP contribution is 2.29. The number of unbranched alkanes of at least 4 members (excludes halogenated alkanes) is 1. The zero-order valence-electron chi connectivity index (χ0n) is 11.7. The van der Waals surface area contributed by atoms with Crippen LogP contribution in [0.25, 0.3) is 10.2 Å². The van der Waals surface area contributed by atoms with Crippen molar-refractivity contribution in [3.63, 3.8) is 0 Å². The van der Waals surface area contributed by atoms with E-state index in [1.807, 2.05) is 13.0 Å². The fourth-order valence-electron chi connectivity index (χ4n) is 2.03. The SMILES string of the molecule is CCCC[C@H](Nc1ncnc2sc(CC)cc12)C(=O)O. The van der Waals surface area contributed by atoms with Gasteiger partial charge in [0.1, 0.15) is 23.0 Å². The molecule has 0 bridgehead atoms. The molecule has 0 radical (unpaired) electrons. The van der Waals surface area contributed by atoms with E-state index in [4.69, 9.17) is 0 Å². The van der Waals surface area contributed by atoms with Crippen molar-refractivity contribution in [2.75, 3.05) is 5.32 Å².